The van der Waals surface area contributed by atoms with E-state index in [9.17, 15) is 4.39 Å². The SMILES string of the molecule is Cc1cc(N)cnc1Nc1cccc(Cl)c1F. The highest BCUT2D eigenvalue weighted by Gasteiger charge is 2.08. The molecule has 0 saturated carbocycles. The summed E-state index contributed by atoms with van der Waals surface area (Å²) >= 11 is 5.69. The van der Waals surface area contributed by atoms with Gasteiger partial charge in [0.25, 0.3) is 0 Å². The Balaban J connectivity index is 2.35. The van der Waals surface area contributed by atoms with Crippen LogP contribution in [0.4, 0.5) is 21.6 Å². The van der Waals surface area contributed by atoms with Gasteiger partial charge in [-0.2, -0.15) is 0 Å². The van der Waals surface area contributed by atoms with Gasteiger partial charge < -0.3 is 11.1 Å². The molecule has 0 spiro atoms. The number of nitrogens with zero attached hydrogens (tertiary/aromatic N) is 1. The molecule has 0 radical (unpaired) electrons. The van der Waals surface area contributed by atoms with Crippen LogP contribution in [0.5, 0.6) is 0 Å². The molecular formula is C12H11ClFN3. The molecular weight excluding hydrogens is 241 g/mol. The van der Waals surface area contributed by atoms with E-state index in [-0.39, 0.29) is 10.7 Å². The summed E-state index contributed by atoms with van der Waals surface area (Å²) in [7, 11) is 0. The maximum Gasteiger partial charge on any atom is 0.165 e. The molecule has 0 amide bonds. The summed E-state index contributed by atoms with van der Waals surface area (Å²) in [4.78, 5) is 4.10. The van der Waals surface area contributed by atoms with Crippen molar-refractivity contribution in [3.63, 3.8) is 0 Å². The predicted molar refractivity (Wildman–Crippen MR) is 68.1 cm³/mol. The van der Waals surface area contributed by atoms with Gasteiger partial charge in [0.05, 0.1) is 22.6 Å². The average Bonchev–Trinajstić information content (AvgIpc) is 2.28. The Bertz CT molecular complexity index is 557. The van der Waals surface area contributed by atoms with Crippen molar-refractivity contribution in [2.24, 2.45) is 0 Å². The molecule has 1 aromatic carbocycles. The van der Waals surface area contributed by atoms with Gasteiger partial charge in [-0.15, -0.1) is 0 Å². The molecule has 2 rings (SSSR count). The third-order valence-electron chi connectivity index (χ3n) is 2.30. The van der Waals surface area contributed by atoms with E-state index in [1.165, 1.54) is 12.3 Å². The minimum atomic E-state index is -0.493. The minimum absolute atomic E-state index is 0.0723. The Morgan fingerprint density at radius 3 is 2.88 bits per heavy atom. The van der Waals surface area contributed by atoms with Crippen molar-refractivity contribution < 1.29 is 4.39 Å². The lowest BCUT2D eigenvalue weighted by atomic mass is 10.2. The Kier molecular flexibility index (Phi) is 3.15. The van der Waals surface area contributed by atoms with Crippen molar-refractivity contribution in [3.8, 4) is 0 Å². The maximum atomic E-state index is 13.7. The van der Waals surface area contributed by atoms with Crippen LogP contribution in [0.2, 0.25) is 5.02 Å². The van der Waals surface area contributed by atoms with Crippen molar-refractivity contribution in [1.29, 1.82) is 0 Å². The van der Waals surface area contributed by atoms with Gasteiger partial charge >= 0.3 is 0 Å². The van der Waals surface area contributed by atoms with Gasteiger partial charge in [-0.05, 0) is 30.7 Å². The normalized spacial score (nSPS) is 10.3. The summed E-state index contributed by atoms with van der Waals surface area (Å²) in [6, 6.07) is 6.52. The molecule has 0 aliphatic heterocycles. The first kappa shape index (κ1) is 11.7. The van der Waals surface area contributed by atoms with Crippen molar-refractivity contribution >= 4 is 28.8 Å². The number of aromatic nitrogens is 1. The number of benzene rings is 1. The van der Waals surface area contributed by atoms with Crippen molar-refractivity contribution in [1.82, 2.24) is 4.98 Å². The van der Waals surface area contributed by atoms with Gasteiger partial charge in [0.2, 0.25) is 0 Å². The molecule has 0 unspecified atom stereocenters. The third kappa shape index (κ3) is 2.47. The fourth-order valence-electron chi connectivity index (χ4n) is 1.46. The van der Waals surface area contributed by atoms with Crippen LogP contribution in [0.1, 0.15) is 5.56 Å². The smallest absolute Gasteiger partial charge is 0.165 e. The van der Waals surface area contributed by atoms with Crippen LogP contribution in [0.25, 0.3) is 0 Å². The van der Waals surface area contributed by atoms with Crippen molar-refractivity contribution in [2.75, 3.05) is 11.1 Å². The van der Waals surface area contributed by atoms with E-state index < -0.39 is 5.82 Å². The molecule has 0 aliphatic rings. The van der Waals surface area contributed by atoms with E-state index in [1.807, 2.05) is 6.92 Å². The van der Waals surface area contributed by atoms with Gasteiger partial charge in [0, 0.05) is 0 Å². The first-order valence-electron chi connectivity index (χ1n) is 5.01. The van der Waals surface area contributed by atoms with E-state index in [1.54, 1.807) is 18.2 Å². The molecule has 0 saturated heterocycles. The predicted octanol–water partition coefficient (Wildman–Crippen LogP) is 3.51. The van der Waals surface area contributed by atoms with E-state index in [0.29, 0.717) is 11.5 Å². The molecule has 0 bridgehead atoms. The van der Waals surface area contributed by atoms with Crippen LogP contribution in [0.3, 0.4) is 0 Å². The summed E-state index contributed by atoms with van der Waals surface area (Å²) in [6.07, 6.45) is 1.51. The summed E-state index contributed by atoms with van der Waals surface area (Å²) in [5.41, 5.74) is 7.29. The summed E-state index contributed by atoms with van der Waals surface area (Å²) in [6.45, 7) is 1.84. The minimum Gasteiger partial charge on any atom is -0.397 e. The van der Waals surface area contributed by atoms with E-state index in [0.717, 1.165) is 5.56 Å². The number of hydrogen-bond acceptors (Lipinski definition) is 3. The number of pyridine rings is 1. The number of nitrogens with one attached hydrogen (secondary N) is 1. The summed E-state index contributed by atoms with van der Waals surface area (Å²) in [5.74, 6) is 0.0626. The van der Waals surface area contributed by atoms with Crippen LogP contribution >= 0.6 is 11.6 Å². The highest BCUT2D eigenvalue weighted by molar-refractivity contribution is 6.31. The first-order valence-corrected chi connectivity index (χ1v) is 5.39. The molecule has 1 heterocycles. The number of nitrogen functional groups attached to an aromatic ring is 1. The largest absolute Gasteiger partial charge is 0.397 e. The third-order valence-corrected chi connectivity index (χ3v) is 2.60. The number of halogens is 2. The molecule has 3 N–H and O–H groups in total. The first-order chi connectivity index (χ1) is 8.08. The van der Waals surface area contributed by atoms with Gasteiger partial charge in [-0.25, -0.2) is 9.37 Å². The number of hydrogen-bond donors (Lipinski definition) is 2. The Morgan fingerprint density at radius 2 is 2.18 bits per heavy atom. The highest BCUT2D eigenvalue weighted by atomic mass is 35.5. The quantitative estimate of drug-likeness (QED) is 0.859. The molecule has 0 aliphatic carbocycles. The van der Waals surface area contributed by atoms with Crippen LogP contribution in [0.15, 0.2) is 30.5 Å². The molecule has 88 valence electrons. The van der Waals surface area contributed by atoms with E-state index in [2.05, 4.69) is 10.3 Å². The van der Waals surface area contributed by atoms with Crippen molar-refractivity contribution in [2.45, 2.75) is 6.92 Å². The second-order valence-electron chi connectivity index (χ2n) is 3.66. The Morgan fingerprint density at radius 1 is 1.41 bits per heavy atom. The number of aryl methyl sites for hydroxylation is 1. The lowest BCUT2D eigenvalue weighted by molar-refractivity contribution is 0.632. The second kappa shape index (κ2) is 4.59. The van der Waals surface area contributed by atoms with Crippen LogP contribution in [-0.4, -0.2) is 4.98 Å². The average molecular weight is 252 g/mol. The van der Waals surface area contributed by atoms with Gasteiger partial charge in [-0.1, -0.05) is 17.7 Å². The highest BCUT2D eigenvalue weighted by Crippen LogP contribution is 2.26. The summed E-state index contributed by atoms with van der Waals surface area (Å²) < 4.78 is 13.7. The van der Waals surface area contributed by atoms with Gasteiger partial charge in [0.1, 0.15) is 5.82 Å². The Hall–Kier alpha value is -1.81. The molecule has 0 atom stereocenters. The monoisotopic (exact) mass is 251 g/mol. The van der Waals surface area contributed by atoms with E-state index >= 15 is 0 Å². The lowest BCUT2D eigenvalue weighted by Gasteiger charge is -2.10. The standard InChI is InChI=1S/C12H11ClFN3/c1-7-5-8(15)6-16-12(7)17-10-4-2-3-9(13)11(10)14/h2-6H,15H2,1H3,(H,16,17). The number of anilines is 3. The fourth-order valence-corrected chi connectivity index (χ4v) is 1.63. The zero-order chi connectivity index (χ0) is 12.4. The topological polar surface area (TPSA) is 50.9 Å². The number of rotatable bonds is 2. The van der Waals surface area contributed by atoms with Gasteiger partial charge in [-0.3, -0.25) is 0 Å². The van der Waals surface area contributed by atoms with Gasteiger partial charge in [0.15, 0.2) is 5.82 Å². The zero-order valence-corrected chi connectivity index (χ0v) is 9.92. The van der Waals surface area contributed by atoms with Crippen molar-refractivity contribution in [3.05, 3.63) is 46.9 Å². The fraction of sp³-hybridized carbons (Fsp3) is 0.0833. The maximum absolute atomic E-state index is 13.7. The molecule has 0 fully saturated rings. The molecule has 3 nitrogen and oxygen atoms in total. The van der Waals surface area contributed by atoms with Crippen LogP contribution in [0, 0.1) is 12.7 Å². The summed E-state index contributed by atoms with van der Waals surface area (Å²) in [5, 5.41) is 2.95. The number of nitrogens with two attached hydrogens (primary N) is 1. The lowest BCUT2D eigenvalue weighted by Crippen LogP contribution is -2.00. The van der Waals surface area contributed by atoms with E-state index in [4.69, 9.17) is 17.3 Å². The molecule has 17 heavy (non-hydrogen) atoms. The molecule has 1 aromatic heterocycles. The molecule has 2 aromatic rings. The second-order valence-corrected chi connectivity index (χ2v) is 4.07. The zero-order valence-electron chi connectivity index (χ0n) is 9.17. The van der Waals surface area contributed by atoms with Crippen LogP contribution < -0.4 is 11.1 Å². The van der Waals surface area contributed by atoms with Crippen LogP contribution in [-0.2, 0) is 0 Å². The Labute approximate surface area is 103 Å². The molecule has 5 heteroatoms.